The second-order valence-electron chi connectivity index (χ2n) is 7.59. The highest BCUT2D eigenvalue weighted by atomic mass is 16.5. The normalized spacial score (nSPS) is 27.3. The van der Waals surface area contributed by atoms with Crippen LogP contribution < -0.4 is 0 Å². The number of nitrogens with zero attached hydrogens (tertiary/aromatic N) is 4. The molecule has 4 rings (SSSR count). The molecule has 0 radical (unpaired) electrons. The molecule has 2 aliphatic carbocycles. The number of hydrogen-bond donors (Lipinski definition) is 0. The molecule has 1 saturated heterocycles. The quantitative estimate of drug-likeness (QED) is 0.808. The van der Waals surface area contributed by atoms with E-state index >= 15 is 0 Å². The number of aromatic nitrogens is 2. The fourth-order valence-electron chi connectivity index (χ4n) is 4.08. The predicted octanol–water partition coefficient (Wildman–Crippen LogP) is 2.64. The zero-order chi connectivity index (χ0) is 14.9. The molecule has 1 aliphatic heterocycles. The number of likely N-dealkylation sites (tertiary alicyclic amines) is 1. The van der Waals surface area contributed by atoms with Crippen molar-refractivity contribution in [2.45, 2.75) is 63.5 Å². The third-order valence-corrected chi connectivity index (χ3v) is 5.66. The van der Waals surface area contributed by atoms with Crippen LogP contribution in [0.4, 0.5) is 0 Å². The molecule has 1 unspecified atom stereocenters. The van der Waals surface area contributed by atoms with Gasteiger partial charge < -0.3 is 9.42 Å². The van der Waals surface area contributed by atoms with Crippen molar-refractivity contribution in [3.63, 3.8) is 0 Å². The van der Waals surface area contributed by atoms with Crippen molar-refractivity contribution in [1.29, 1.82) is 0 Å². The average Bonchev–Trinajstić information content (AvgIpc) is 2.96. The van der Waals surface area contributed by atoms with Gasteiger partial charge in [0.2, 0.25) is 5.89 Å². The fraction of sp³-hybridized carbons (Fsp3) is 0.882. The van der Waals surface area contributed by atoms with E-state index in [1.54, 1.807) is 0 Å². The molecule has 0 bridgehead atoms. The minimum absolute atomic E-state index is 0.555. The van der Waals surface area contributed by atoms with Gasteiger partial charge in [-0.15, -0.1) is 0 Å². The summed E-state index contributed by atoms with van der Waals surface area (Å²) in [5.74, 6) is 3.23. The second kappa shape index (κ2) is 6.28. The molecule has 2 heterocycles. The summed E-state index contributed by atoms with van der Waals surface area (Å²) in [6, 6.07) is 0.643. The van der Waals surface area contributed by atoms with Gasteiger partial charge in [0.1, 0.15) is 0 Å². The number of hydrogen-bond acceptors (Lipinski definition) is 5. The number of likely N-dealkylation sites (N-methyl/N-ethyl adjacent to an activating group) is 1. The van der Waals surface area contributed by atoms with E-state index in [0.29, 0.717) is 12.0 Å². The Morgan fingerprint density at radius 1 is 1.18 bits per heavy atom. The Morgan fingerprint density at radius 3 is 2.77 bits per heavy atom. The van der Waals surface area contributed by atoms with Crippen molar-refractivity contribution >= 4 is 0 Å². The standard InChI is InChI=1S/C17H28N4O/c1-20(12-16-18-17(22-19-16)14-6-7-14)15-8-9-21(11-15)10-13-4-2-3-5-13/h13-15H,2-12H2,1H3. The van der Waals surface area contributed by atoms with Crippen molar-refractivity contribution in [1.82, 2.24) is 19.9 Å². The molecule has 122 valence electrons. The first-order valence-corrected chi connectivity index (χ1v) is 9.03. The summed E-state index contributed by atoms with van der Waals surface area (Å²) in [5.41, 5.74) is 0. The summed E-state index contributed by atoms with van der Waals surface area (Å²) in [7, 11) is 2.21. The van der Waals surface area contributed by atoms with Gasteiger partial charge >= 0.3 is 0 Å². The third-order valence-electron chi connectivity index (χ3n) is 5.66. The van der Waals surface area contributed by atoms with Crippen molar-refractivity contribution in [3.8, 4) is 0 Å². The van der Waals surface area contributed by atoms with Gasteiger partial charge in [-0.3, -0.25) is 4.90 Å². The zero-order valence-electron chi connectivity index (χ0n) is 13.7. The molecule has 0 amide bonds. The molecule has 1 atom stereocenters. The Hall–Kier alpha value is -0.940. The van der Waals surface area contributed by atoms with Crippen molar-refractivity contribution < 1.29 is 4.52 Å². The molecule has 5 nitrogen and oxygen atoms in total. The van der Waals surface area contributed by atoms with Gasteiger partial charge in [-0.25, -0.2) is 0 Å². The van der Waals surface area contributed by atoms with Crippen LogP contribution in [-0.4, -0.2) is 52.7 Å². The first kappa shape index (κ1) is 14.6. The van der Waals surface area contributed by atoms with Gasteiger partial charge in [0.25, 0.3) is 0 Å². The summed E-state index contributed by atoms with van der Waals surface area (Å²) < 4.78 is 5.36. The van der Waals surface area contributed by atoms with E-state index in [1.165, 1.54) is 64.6 Å². The molecule has 0 spiro atoms. The maximum absolute atomic E-state index is 5.36. The Morgan fingerprint density at radius 2 is 2.00 bits per heavy atom. The molecule has 1 aromatic rings. The van der Waals surface area contributed by atoms with Crippen LogP contribution in [0.15, 0.2) is 4.52 Å². The van der Waals surface area contributed by atoms with E-state index in [-0.39, 0.29) is 0 Å². The molecular formula is C17H28N4O. The lowest BCUT2D eigenvalue weighted by Gasteiger charge is -2.24. The molecule has 3 aliphatic rings. The van der Waals surface area contributed by atoms with Gasteiger partial charge in [-0.2, -0.15) is 4.98 Å². The summed E-state index contributed by atoms with van der Waals surface area (Å²) >= 11 is 0. The van der Waals surface area contributed by atoms with E-state index in [1.807, 2.05) is 0 Å². The Balaban J connectivity index is 1.26. The van der Waals surface area contributed by atoms with E-state index in [2.05, 4.69) is 27.0 Å². The summed E-state index contributed by atoms with van der Waals surface area (Å²) in [4.78, 5) is 9.64. The first-order valence-electron chi connectivity index (χ1n) is 9.03. The minimum Gasteiger partial charge on any atom is -0.339 e. The van der Waals surface area contributed by atoms with Crippen LogP contribution in [0, 0.1) is 5.92 Å². The summed E-state index contributed by atoms with van der Waals surface area (Å²) in [6.07, 6.45) is 9.50. The van der Waals surface area contributed by atoms with Crippen LogP contribution in [0.3, 0.4) is 0 Å². The Bertz CT molecular complexity index is 493. The average molecular weight is 304 g/mol. The number of rotatable bonds is 6. The lowest BCUT2D eigenvalue weighted by atomic mass is 10.1. The van der Waals surface area contributed by atoms with Gasteiger partial charge in [0.05, 0.1) is 6.54 Å². The highest BCUT2D eigenvalue weighted by Crippen LogP contribution is 2.38. The molecule has 1 aromatic heterocycles. The lowest BCUT2D eigenvalue weighted by Crippen LogP contribution is -2.35. The Labute approximate surface area is 133 Å². The first-order chi connectivity index (χ1) is 10.8. The topological polar surface area (TPSA) is 45.4 Å². The zero-order valence-corrected chi connectivity index (χ0v) is 13.7. The minimum atomic E-state index is 0.555. The fourth-order valence-corrected chi connectivity index (χ4v) is 4.08. The summed E-state index contributed by atoms with van der Waals surface area (Å²) in [6.45, 7) is 4.60. The van der Waals surface area contributed by atoms with Crippen LogP contribution in [0.25, 0.3) is 0 Å². The van der Waals surface area contributed by atoms with Crippen LogP contribution in [0.1, 0.15) is 62.6 Å². The highest BCUT2D eigenvalue weighted by Gasteiger charge is 2.31. The van der Waals surface area contributed by atoms with Crippen LogP contribution >= 0.6 is 0 Å². The van der Waals surface area contributed by atoms with Crippen LogP contribution in [0.2, 0.25) is 0 Å². The SMILES string of the molecule is CN(Cc1noc(C2CC2)n1)C1CCN(CC2CCCC2)C1. The van der Waals surface area contributed by atoms with Gasteiger partial charge in [0, 0.05) is 25.0 Å². The molecule has 5 heteroatoms. The molecule has 3 fully saturated rings. The van der Waals surface area contributed by atoms with Gasteiger partial charge in [0.15, 0.2) is 5.82 Å². The monoisotopic (exact) mass is 304 g/mol. The molecule has 0 aromatic carbocycles. The Kier molecular flexibility index (Phi) is 4.18. The van der Waals surface area contributed by atoms with Gasteiger partial charge in [-0.05, 0) is 51.6 Å². The molecular weight excluding hydrogens is 276 g/mol. The summed E-state index contributed by atoms with van der Waals surface area (Å²) in [5, 5.41) is 4.15. The van der Waals surface area contributed by atoms with Crippen molar-refractivity contribution in [3.05, 3.63) is 11.7 Å². The van der Waals surface area contributed by atoms with E-state index in [4.69, 9.17) is 4.52 Å². The smallest absolute Gasteiger partial charge is 0.229 e. The van der Waals surface area contributed by atoms with E-state index < -0.39 is 0 Å². The van der Waals surface area contributed by atoms with Gasteiger partial charge in [-0.1, -0.05) is 18.0 Å². The van der Waals surface area contributed by atoms with Crippen LogP contribution in [0.5, 0.6) is 0 Å². The van der Waals surface area contributed by atoms with E-state index in [9.17, 15) is 0 Å². The van der Waals surface area contributed by atoms with Crippen molar-refractivity contribution in [2.24, 2.45) is 5.92 Å². The lowest BCUT2D eigenvalue weighted by molar-refractivity contribution is 0.208. The molecule has 2 saturated carbocycles. The van der Waals surface area contributed by atoms with Crippen LogP contribution in [-0.2, 0) is 6.54 Å². The second-order valence-corrected chi connectivity index (χ2v) is 7.59. The largest absolute Gasteiger partial charge is 0.339 e. The van der Waals surface area contributed by atoms with E-state index in [0.717, 1.165) is 24.2 Å². The molecule has 22 heavy (non-hydrogen) atoms. The molecule has 0 N–H and O–H groups in total. The van der Waals surface area contributed by atoms with Crippen molar-refractivity contribution in [2.75, 3.05) is 26.7 Å². The highest BCUT2D eigenvalue weighted by molar-refractivity contribution is 5.01. The maximum atomic E-state index is 5.36. The third kappa shape index (κ3) is 3.35. The maximum Gasteiger partial charge on any atom is 0.229 e. The predicted molar refractivity (Wildman–Crippen MR) is 84.5 cm³/mol.